The minimum Gasteiger partial charge on any atom is -0.497 e. The summed E-state index contributed by atoms with van der Waals surface area (Å²) in [5, 5.41) is 0. The van der Waals surface area contributed by atoms with Crippen molar-refractivity contribution < 1.29 is 14.2 Å². The van der Waals surface area contributed by atoms with E-state index in [1.165, 1.54) is 5.56 Å². The monoisotopic (exact) mass is 368 g/mol. The molecule has 1 atom stereocenters. The average Bonchev–Trinajstić information content (AvgIpc) is 2.66. The topological polar surface area (TPSA) is 43.8 Å². The van der Waals surface area contributed by atoms with Gasteiger partial charge in [0.1, 0.15) is 5.75 Å². The fraction of sp³-hybridized carbons (Fsp3) is 0.500. The number of hydrogen-bond acceptors (Lipinski definition) is 5. The molecule has 1 aromatic carbocycles. The second kappa shape index (κ2) is 7.97. The number of rotatable bonds is 6. The predicted octanol–water partition coefficient (Wildman–Crippen LogP) is 3.35. The molecule has 5 heteroatoms. The molecule has 3 heterocycles. The number of nitrogens with zero attached hydrogens (tertiary/aromatic N) is 2. The van der Waals surface area contributed by atoms with Gasteiger partial charge < -0.3 is 14.2 Å². The van der Waals surface area contributed by atoms with Crippen molar-refractivity contribution in [3.8, 4) is 5.75 Å². The third kappa shape index (κ3) is 4.49. The largest absolute Gasteiger partial charge is 0.497 e. The van der Waals surface area contributed by atoms with Crippen LogP contribution in [0.15, 0.2) is 42.5 Å². The summed E-state index contributed by atoms with van der Waals surface area (Å²) in [5.74, 6) is 0.900. The van der Waals surface area contributed by atoms with Crippen molar-refractivity contribution in [2.75, 3.05) is 26.8 Å². The number of pyridine rings is 1. The molecule has 0 unspecified atom stereocenters. The Morgan fingerprint density at radius 1 is 1.19 bits per heavy atom. The molecule has 0 saturated carbocycles. The standard InChI is InChI=1S/C22H28N2O3/c1-17-4-3-5-19(23-17)14-26-21-10-11-27-22(12-21)15-24(16-22)13-18-6-8-20(25-2)9-7-18/h3-9,21H,10-16H2,1-2H3/t21-/m0/s1. The lowest BCUT2D eigenvalue weighted by atomic mass is 9.84. The van der Waals surface area contributed by atoms with Gasteiger partial charge in [-0.2, -0.15) is 0 Å². The molecule has 27 heavy (non-hydrogen) atoms. The van der Waals surface area contributed by atoms with Crippen LogP contribution in [0.1, 0.15) is 29.8 Å². The van der Waals surface area contributed by atoms with Crippen LogP contribution in [0.25, 0.3) is 0 Å². The molecular formula is C22H28N2O3. The Morgan fingerprint density at radius 3 is 2.74 bits per heavy atom. The Balaban J connectivity index is 1.26. The van der Waals surface area contributed by atoms with Gasteiger partial charge in [-0.15, -0.1) is 0 Å². The fourth-order valence-electron chi connectivity index (χ4n) is 4.10. The summed E-state index contributed by atoms with van der Waals surface area (Å²) in [6.45, 7) is 6.27. The maximum atomic E-state index is 6.16. The van der Waals surface area contributed by atoms with Gasteiger partial charge in [0.2, 0.25) is 0 Å². The van der Waals surface area contributed by atoms with E-state index in [1.807, 2.05) is 37.3 Å². The highest BCUT2D eigenvalue weighted by Gasteiger charge is 2.47. The van der Waals surface area contributed by atoms with Gasteiger partial charge in [0, 0.05) is 38.4 Å². The quantitative estimate of drug-likeness (QED) is 0.782. The third-order valence-electron chi connectivity index (χ3n) is 5.45. The molecule has 2 aliphatic rings. The smallest absolute Gasteiger partial charge is 0.118 e. The number of hydrogen-bond donors (Lipinski definition) is 0. The van der Waals surface area contributed by atoms with Gasteiger partial charge in [-0.3, -0.25) is 9.88 Å². The first-order valence-corrected chi connectivity index (χ1v) is 9.68. The maximum Gasteiger partial charge on any atom is 0.118 e. The van der Waals surface area contributed by atoms with Crippen LogP contribution >= 0.6 is 0 Å². The van der Waals surface area contributed by atoms with Crippen LogP contribution in [-0.2, 0) is 22.6 Å². The van der Waals surface area contributed by atoms with Crippen LogP contribution in [0.2, 0.25) is 0 Å². The summed E-state index contributed by atoms with van der Waals surface area (Å²) < 4.78 is 17.5. The molecule has 1 aromatic heterocycles. The Kier molecular flexibility index (Phi) is 5.43. The Bertz CT molecular complexity index is 756. The van der Waals surface area contributed by atoms with Crippen molar-refractivity contribution in [2.45, 2.75) is 44.6 Å². The van der Waals surface area contributed by atoms with Gasteiger partial charge in [0.15, 0.2) is 0 Å². The molecule has 0 aliphatic carbocycles. The van der Waals surface area contributed by atoms with Gasteiger partial charge in [-0.25, -0.2) is 0 Å². The van der Waals surface area contributed by atoms with Crippen LogP contribution in [0, 0.1) is 6.92 Å². The lowest BCUT2D eigenvalue weighted by Crippen LogP contribution is -2.65. The Labute approximate surface area is 161 Å². The second-order valence-electron chi connectivity index (χ2n) is 7.72. The number of methoxy groups -OCH3 is 1. The molecule has 4 rings (SSSR count). The van der Waals surface area contributed by atoms with Crippen LogP contribution < -0.4 is 4.74 Å². The lowest BCUT2D eigenvalue weighted by molar-refractivity contribution is -0.200. The van der Waals surface area contributed by atoms with Crippen LogP contribution in [0.5, 0.6) is 5.75 Å². The van der Waals surface area contributed by atoms with E-state index in [0.717, 1.165) is 56.2 Å². The van der Waals surface area contributed by atoms with Crippen LogP contribution in [-0.4, -0.2) is 48.4 Å². The van der Waals surface area contributed by atoms with Crippen molar-refractivity contribution in [1.29, 1.82) is 0 Å². The van der Waals surface area contributed by atoms with Gasteiger partial charge in [-0.05, 0) is 43.2 Å². The average molecular weight is 368 g/mol. The highest BCUT2D eigenvalue weighted by molar-refractivity contribution is 5.27. The molecule has 144 valence electrons. The molecule has 0 radical (unpaired) electrons. The van der Waals surface area contributed by atoms with E-state index in [9.17, 15) is 0 Å². The second-order valence-corrected chi connectivity index (χ2v) is 7.72. The SMILES string of the molecule is COc1ccc(CN2CC3(C[C@@H](OCc4cccc(C)n4)CCO3)C2)cc1. The number of ether oxygens (including phenoxy) is 3. The number of aryl methyl sites for hydroxylation is 1. The van der Waals surface area contributed by atoms with Gasteiger partial charge in [-0.1, -0.05) is 18.2 Å². The first-order valence-electron chi connectivity index (χ1n) is 9.68. The van der Waals surface area contributed by atoms with E-state index >= 15 is 0 Å². The van der Waals surface area contributed by atoms with Gasteiger partial charge in [0.05, 0.1) is 31.1 Å². The molecule has 0 bridgehead atoms. The number of likely N-dealkylation sites (tertiary alicyclic amines) is 1. The van der Waals surface area contributed by atoms with E-state index in [-0.39, 0.29) is 11.7 Å². The van der Waals surface area contributed by atoms with E-state index in [4.69, 9.17) is 14.2 Å². The summed E-state index contributed by atoms with van der Waals surface area (Å²) in [7, 11) is 1.70. The molecule has 2 aromatic rings. The van der Waals surface area contributed by atoms with E-state index in [1.54, 1.807) is 7.11 Å². The lowest BCUT2D eigenvalue weighted by Gasteiger charge is -2.53. The minimum absolute atomic E-state index is 0.0323. The summed E-state index contributed by atoms with van der Waals surface area (Å²) >= 11 is 0. The van der Waals surface area contributed by atoms with Gasteiger partial charge in [0.25, 0.3) is 0 Å². The minimum atomic E-state index is -0.0323. The predicted molar refractivity (Wildman–Crippen MR) is 104 cm³/mol. The van der Waals surface area contributed by atoms with E-state index in [2.05, 4.69) is 22.0 Å². The number of aromatic nitrogens is 1. The summed E-state index contributed by atoms with van der Waals surface area (Å²) in [6.07, 6.45) is 2.19. The highest BCUT2D eigenvalue weighted by Crippen LogP contribution is 2.36. The van der Waals surface area contributed by atoms with Crippen molar-refractivity contribution in [3.63, 3.8) is 0 Å². The van der Waals surface area contributed by atoms with Crippen molar-refractivity contribution in [1.82, 2.24) is 9.88 Å². The molecule has 2 aliphatic heterocycles. The molecule has 2 saturated heterocycles. The summed E-state index contributed by atoms with van der Waals surface area (Å²) in [5.41, 5.74) is 3.31. The molecular weight excluding hydrogens is 340 g/mol. The van der Waals surface area contributed by atoms with Crippen molar-refractivity contribution in [2.24, 2.45) is 0 Å². The van der Waals surface area contributed by atoms with Crippen molar-refractivity contribution in [3.05, 3.63) is 59.4 Å². The van der Waals surface area contributed by atoms with Crippen molar-refractivity contribution >= 4 is 0 Å². The van der Waals surface area contributed by atoms with Crippen LogP contribution in [0.3, 0.4) is 0 Å². The van der Waals surface area contributed by atoms with Crippen LogP contribution in [0.4, 0.5) is 0 Å². The molecule has 5 nitrogen and oxygen atoms in total. The maximum absolute atomic E-state index is 6.16. The normalized spacial score (nSPS) is 21.8. The molecule has 0 amide bonds. The molecule has 0 N–H and O–H groups in total. The first kappa shape index (κ1) is 18.4. The third-order valence-corrected chi connectivity index (χ3v) is 5.45. The zero-order valence-corrected chi connectivity index (χ0v) is 16.2. The number of benzene rings is 1. The van der Waals surface area contributed by atoms with E-state index < -0.39 is 0 Å². The fourth-order valence-corrected chi connectivity index (χ4v) is 4.10. The Morgan fingerprint density at radius 2 is 2.00 bits per heavy atom. The highest BCUT2D eigenvalue weighted by atomic mass is 16.5. The summed E-state index contributed by atoms with van der Waals surface area (Å²) in [6, 6.07) is 14.4. The summed E-state index contributed by atoms with van der Waals surface area (Å²) in [4.78, 5) is 6.96. The zero-order valence-electron chi connectivity index (χ0n) is 16.2. The zero-order chi connectivity index (χ0) is 18.7. The van der Waals surface area contributed by atoms with E-state index in [0.29, 0.717) is 6.61 Å². The molecule has 1 spiro atoms. The molecule has 2 fully saturated rings. The van der Waals surface area contributed by atoms with Gasteiger partial charge >= 0.3 is 0 Å². The Hall–Kier alpha value is -1.95. The first-order chi connectivity index (χ1) is 13.1.